The van der Waals surface area contributed by atoms with Gasteiger partial charge in [0.2, 0.25) is 0 Å². The number of nitrogen functional groups attached to an aromatic ring is 1. The highest BCUT2D eigenvalue weighted by molar-refractivity contribution is 5.85. The van der Waals surface area contributed by atoms with E-state index in [4.69, 9.17) is 10.2 Å². The number of benzene rings is 1. The first-order chi connectivity index (χ1) is 7.31. The van der Waals surface area contributed by atoms with E-state index in [-0.39, 0.29) is 0 Å². The van der Waals surface area contributed by atoms with Gasteiger partial charge in [-0.15, -0.1) is 0 Å². The summed E-state index contributed by atoms with van der Waals surface area (Å²) >= 11 is 0. The third-order valence-electron chi connectivity index (χ3n) is 2.49. The van der Waals surface area contributed by atoms with E-state index in [1.165, 1.54) is 12.8 Å². The number of oxazole rings is 1. The summed E-state index contributed by atoms with van der Waals surface area (Å²) < 4.78 is 5.60. The monoisotopic (exact) mass is 204 g/mol. The van der Waals surface area contributed by atoms with Gasteiger partial charge in [0.05, 0.1) is 5.69 Å². The molecule has 3 nitrogen and oxygen atoms in total. The average molecular weight is 204 g/mol. The molecule has 15 heavy (non-hydrogen) atoms. The molecule has 0 atom stereocenters. The second-order valence-corrected chi connectivity index (χ2v) is 3.76. The number of hydrogen-bond donors (Lipinski definition) is 1. The van der Waals surface area contributed by atoms with E-state index in [1.54, 1.807) is 0 Å². The van der Waals surface area contributed by atoms with Crippen molar-refractivity contribution < 1.29 is 4.42 Å². The SMILES string of the molecule is CCCCCc1nc2c(N)cccc2o1. The molecule has 1 heterocycles. The Kier molecular flexibility index (Phi) is 2.90. The van der Waals surface area contributed by atoms with Crippen LogP contribution in [0.1, 0.15) is 32.1 Å². The Balaban J connectivity index is 2.20. The van der Waals surface area contributed by atoms with Crippen molar-refractivity contribution in [1.82, 2.24) is 4.98 Å². The van der Waals surface area contributed by atoms with Gasteiger partial charge in [-0.05, 0) is 18.6 Å². The molecular weight excluding hydrogens is 188 g/mol. The van der Waals surface area contributed by atoms with Crippen LogP contribution in [-0.4, -0.2) is 4.98 Å². The van der Waals surface area contributed by atoms with Crippen LogP contribution in [0.2, 0.25) is 0 Å². The van der Waals surface area contributed by atoms with Crippen LogP contribution in [0.15, 0.2) is 22.6 Å². The Hall–Kier alpha value is -1.51. The third-order valence-corrected chi connectivity index (χ3v) is 2.49. The Bertz CT molecular complexity index is 448. The molecule has 0 amide bonds. The minimum Gasteiger partial charge on any atom is -0.441 e. The second kappa shape index (κ2) is 4.34. The van der Waals surface area contributed by atoms with Gasteiger partial charge in [0.25, 0.3) is 0 Å². The lowest BCUT2D eigenvalue weighted by molar-refractivity contribution is 0.513. The zero-order valence-electron chi connectivity index (χ0n) is 8.99. The summed E-state index contributed by atoms with van der Waals surface area (Å²) in [7, 11) is 0. The number of fused-ring (bicyclic) bond motifs is 1. The quantitative estimate of drug-likeness (QED) is 0.614. The molecule has 3 heteroatoms. The molecule has 0 saturated carbocycles. The first-order valence-electron chi connectivity index (χ1n) is 5.45. The van der Waals surface area contributed by atoms with E-state index >= 15 is 0 Å². The standard InChI is InChI=1S/C12H16N2O/c1-2-3-4-8-11-14-12-9(13)6-5-7-10(12)15-11/h5-7H,2-4,8,13H2,1H3. The number of nitrogens with two attached hydrogens (primary N) is 1. The van der Waals surface area contributed by atoms with Gasteiger partial charge in [0.15, 0.2) is 11.5 Å². The highest BCUT2D eigenvalue weighted by atomic mass is 16.3. The van der Waals surface area contributed by atoms with Crippen molar-refractivity contribution in [2.45, 2.75) is 32.6 Å². The maximum atomic E-state index is 5.80. The van der Waals surface area contributed by atoms with Gasteiger partial charge in [-0.3, -0.25) is 0 Å². The minimum atomic E-state index is 0.693. The molecule has 1 aromatic carbocycles. The fourth-order valence-electron chi connectivity index (χ4n) is 1.65. The molecular formula is C12H16N2O. The highest BCUT2D eigenvalue weighted by Gasteiger charge is 2.06. The van der Waals surface area contributed by atoms with Crippen LogP contribution < -0.4 is 5.73 Å². The molecule has 0 radical (unpaired) electrons. The van der Waals surface area contributed by atoms with Gasteiger partial charge in [-0.2, -0.15) is 0 Å². The molecule has 80 valence electrons. The molecule has 0 aliphatic heterocycles. The second-order valence-electron chi connectivity index (χ2n) is 3.76. The van der Waals surface area contributed by atoms with Gasteiger partial charge in [0.1, 0.15) is 5.52 Å². The zero-order chi connectivity index (χ0) is 10.7. The fourth-order valence-corrected chi connectivity index (χ4v) is 1.65. The summed E-state index contributed by atoms with van der Waals surface area (Å²) in [6, 6.07) is 5.64. The molecule has 0 saturated heterocycles. The van der Waals surface area contributed by atoms with Crippen LogP contribution in [0.3, 0.4) is 0 Å². The molecule has 1 aromatic heterocycles. The Morgan fingerprint density at radius 1 is 1.33 bits per heavy atom. The van der Waals surface area contributed by atoms with Crippen molar-refractivity contribution >= 4 is 16.8 Å². The van der Waals surface area contributed by atoms with Crippen molar-refractivity contribution in [3.8, 4) is 0 Å². The predicted octanol–water partition coefficient (Wildman–Crippen LogP) is 3.14. The fraction of sp³-hybridized carbons (Fsp3) is 0.417. The van der Waals surface area contributed by atoms with E-state index in [2.05, 4.69) is 11.9 Å². The molecule has 2 N–H and O–H groups in total. The molecule has 2 aromatic rings. The summed E-state index contributed by atoms with van der Waals surface area (Å²) in [5.41, 5.74) is 8.08. The van der Waals surface area contributed by atoms with Gasteiger partial charge in [-0.25, -0.2) is 4.98 Å². The average Bonchev–Trinajstić information content (AvgIpc) is 2.63. The number of aromatic nitrogens is 1. The third kappa shape index (κ3) is 2.12. The molecule has 0 aliphatic carbocycles. The molecule has 0 bridgehead atoms. The van der Waals surface area contributed by atoms with E-state index in [0.717, 1.165) is 29.8 Å². The van der Waals surface area contributed by atoms with Crippen LogP contribution in [0.4, 0.5) is 5.69 Å². The van der Waals surface area contributed by atoms with Crippen molar-refractivity contribution in [2.24, 2.45) is 0 Å². The van der Waals surface area contributed by atoms with E-state index in [1.807, 2.05) is 18.2 Å². The number of unbranched alkanes of at least 4 members (excludes halogenated alkanes) is 2. The lowest BCUT2D eigenvalue weighted by atomic mass is 10.2. The van der Waals surface area contributed by atoms with Crippen LogP contribution >= 0.6 is 0 Å². The summed E-state index contributed by atoms with van der Waals surface area (Å²) in [6.45, 7) is 2.18. The molecule has 0 fully saturated rings. The van der Waals surface area contributed by atoms with Gasteiger partial charge >= 0.3 is 0 Å². The van der Waals surface area contributed by atoms with E-state index < -0.39 is 0 Å². The number of hydrogen-bond acceptors (Lipinski definition) is 3. The maximum absolute atomic E-state index is 5.80. The van der Waals surface area contributed by atoms with Crippen molar-refractivity contribution in [2.75, 3.05) is 5.73 Å². The lowest BCUT2D eigenvalue weighted by Crippen LogP contribution is -1.87. The number of aryl methyl sites for hydroxylation is 1. The van der Waals surface area contributed by atoms with Crippen molar-refractivity contribution in [3.05, 3.63) is 24.1 Å². The first-order valence-corrected chi connectivity index (χ1v) is 5.45. The summed E-state index contributed by atoms with van der Waals surface area (Å²) in [5.74, 6) is 0.802. The summed E-state index contributed by atoms with van der Waals surface area (Å²) in [4.78, 5) is 4.39. The summed E-state index contributed by atoms with van der Waals surface area (Å²) in [6.07, 6.45) is 4.46. The molecule has 0 spiro atoms. The highest BCUT2D eigenvalue weighted by Crippen LogP contribution is 2.21. The van der Waals surface area contributed by atoms with Crippen LogP contribution in [0.25, 0.3) is 11.1 Å². The summed E-state index contributed by atoms with van der Waals surface area (Å²) in [5, 5.41) is 0. The van der Waals surface area contributed by atoms with Crippen LogP contribution in [-0.2, 0) is 6.42 Å². The largest absolute Gasteiger partial charge is 0.441 e. The number of rotatable bonds is 4. The maximum Gasteiger partial charge on any atom is 0.195 e. The van der Waals surface area contributed by atoms with Gasteiger partial charge < -0.3 is 10.2 Å². The topological polar surface area (TPSA) is 52.0 Å². The number of anilines is 1. The van der Waals surface area contributed by atoms with Crippen molar-refractivity contribution in [3.63, 3.8) is 0 Å². The normalized spacial score (nSPS) is 11.0. The number of para-hydroxylation sites is 1. The molecule has 2 rings (SSSR count). The van der Waals surface area contributed by atoms with E-state index in [9.17, 15) is 0 Å². The van der Waals surface area contributed by atoms with Gasteiger partial charge in [-0.1, -0.05) is 25.8 Å². The Morgan fingerprint density at radius 3 is 2.93 bits per heavy atom. The lowest BCUT2D eigenvalue weighted by Gasteiger charge is -1.92. The Morgan fingerprint density at radius 2 is 2.20 bits per heavy atom. The smallest absolute Gasteiger partial charge is 0.195 e. The minimum absolute atomic E-state index is 0.693. The van der Waals surface area contributed by atoms with Crippen LogP contribution in [0.5, 0.6) is 0 Å². The predicted molar refractivity (Wildman–Crippen MR) is 61.7 cm³/mol. The number of nitrogens with zero attached hydrogens (tertiary/aromatic N) is 1. The van der Waals surface area contributed by atoms with E-state index in [0.29, 0.717) is 5.69 Å². The Labute approximate surface area is 89.3 Å². The first kappa shape index (κ1) is 10.0. The molecule has 0 unspecified atom stereocenters. The van der Waals surface area contributed by atoms with Crippen molar-refractivity contribution in [1.29, 1.82) is 0 Å². The van der Waals surface area contributed by atoms with Crippen LogP contribution in [0, 0.1) is 0 Å². The molecule has 0 aliphatic rings. The van der Waals surface area contributed by atoms with Gasteiger partial charge in [0, 0.05) is 6.42 Å². The zero-order valence-corrected chi connectivity index (χ0v) is 8.99.